The molecule has 0 radical (unpaired) electrons. The van der Waals surface area contributed by atoms with Crippen LogP contribution in [0.5, 0.6) is 0 Å². The smallest absolute Gasteiger partial charge is 0.0871 e. The van der Waals surface area contributed by atoms with Crippen LogP contribution in [0.15, 0.2) is 24.3 Å². The van der Waals surface area contributed by atoms with Crippen molar-refractivity contribution in [2.75, 3.05) is 13.1 Å². The molecule has 2 atom stereocenters. The molecule has 1 N–H and O–H groups in total. The summed E-state index contributed by atoms with van der Waals surface area (Å²) in [5, 5.41) is 3.46. The molecule has 92 valence electrons. The molecule has 2 heteroatoms. The molecule has 1 aromatic rings. The number of hydrogen-bond donors (Lipinski definition) is 1. The lowest BCUT2D eigenvalue weighted by molar-refractivity contribution is 0.00363. The number of nitrogens with one attached hydrogen (secondary N) is 1. The summed E-state index contributed by atoms with van der Waals surface area (Å²) in [5.41, 5.74) is 2.76. The highest BCUT2D eigenvalue weighted by atomic mass is 16.5. The van der Waals surface area contributed by atoms with Crippen molar-refractivity contribution in [3.63, 3.8) is 0 Å². The Bertz CT molecular complexity index is 380. The maximum absolute atomic E-state index is 6.27. The molecule has 2 nitrogen and oxygen atoms in total. The van der Waals surface area contributed by atoms with Crippen molar-refractivity contribution >= 4 is 0 Å². The molecule has 1 aromatic carbocycles. The first kappa shape index (κ1) is 11.2. The Labute approximate surface area is 103 Å². The molecule has 1 saturated carbocycles. The lowest BCUT2D eigenvalue weighted by atomic mass is 9.92. The van der Waals surface area contributed by atoms with Crippen molar-refractivity contribution in [1.29, 1.82) is 0 Å². The van der Waals surface area contributed by atoms with Crippen LogP contribution in [-0.2, 0) is 4.74 Å². The second-order valence-electron chi connectivity index (χ2n) is 5.37. The van der Waals surface area contributed by atoms with Gasteiger partial charge in [0.05, 0.1) is 12.2 Å². The maximum Gasteiger partial charge on any atom is 0.0871 e. The van der Waals surface area contributed by atoms with Gasteiger partial charge in [-0.2, -0.15) is 0 Å². The molecular formula is C15H21NO. The highest BCUT2D eigenvalue weighted by Crippen LogP contribution is 2.38. The standard InChI is InChI=1S/C15H21NO/c1-11-4-2-3-5-14(11)15(17-13-6-7-13)12-8-9-16-10-12/h2-5,12-13,15-16H,6-10H2,1H3/t12-,15-/m0/s1. The average molecular weight is 231 g/mol. The highest BCUT2D eigenvalue weighted by molar-refractivity contribution is 5.28. The van der Waals surface area contributed by atoms with Gasteiger partial charge in [-0.15, -0.1) is 0 Å². The Morgan fingerprint density at radius 1 is 1.24 bits per heavy atom. The fourth-order valence-corrected chi connectivity index (χ4v) is 2.69. The van der Waals surface area contributed by atoms with Crippen molar-refractivity contribution in [3.8, 4) is 0 Å². The maximum atomic E-state index is 6.27. The predicted molar refractivity (Wildman–Crippen MR) is 69.0 cm³/mol. The molecule has 1 heterocycles. The van der Waals surface area contributed by atoms with Gasteiger partial charge in [-0.1, -0.05) is 24.3 Å². The van der Waals surface area contributed by atoms with Crippen LogP contribution in [-0.4, -0.2) is 19.2 Å². The third kappa shape index (κ3) is 2.53. The summed E-state index contributed by atoms with van der Waals surface area (Å²) in [6.45, 7) is 4.44. The topological polar surface area (TPSA) is 21.3 Å². The first-order valence-electron chi connectivity index (χ1n) is 6.76. The molecular weight excluding hydrogens is 210 g/mol. The third-order valence-corrected chi connectivity index (χ3v) is 3.89. The van der Waals surface area contributed by atoms with Gasteiger partial charge in [-0.25, -0.2) is 0 Å². The van der Waals surface area contributed by atoms with Crippen LogP contribution in [0, 0.1) is 12.8 Å². The Morgan fingerprint density at radius 3 is 2.71 bits per heavy atom. The lowest BCUT2D eigenvalue weighted by Gasteiger charge is -2.25. The minimum atomic E-state index is 0.304. The second kappa shape index (κ2) is 4.79. The van der Waals surface area contributed by atoms with Crippen molar-refractivity contribution in [2.24, 2.45) is 5.92 Å². The van der Waals surface area contributed by atoms with E-state index in [2.05, 4.69) is 36.5 Å². The summed E-state index contributed by atoms with van der Waals surface area (Å²) < 4.78 is 6.27. The molecule has 0 aromatic heterocycles. The molecule has 1 aliphatic heterocycles. The van der Waals surface area contributed by atoms with Crippen LogP contribution < -0.4 is 5.32 Å². The van der Waals surface area contributed by atoms with Gasteiger partial charge in [-0.3, -0.25) is 0 Å². The minimum Gasteiger partial charge on any atom is -0.370 e. The van der Waals surface area contributed by atoms with Gasteiger partial charge in [0.15, 0.2) is 0 Å². The zero-order valence-corrected chi connectivity index (χ0v) is 10.5. The molecule has 1 saturated heterocycles. The SMILES string of the molecule is Cc1ccccc1[C@@H](OC1CC1)[C@H]1CCNC1. The van der Waals surface area contributed by atoms with E-state index < -0.39 is 0 Å². The minimum absolute atomic E-state index is 0.304. The Kier molecular flexibility index (Phi) is 3.17. The number of ether oxygens (including phenoxy) is 1. The monoisotopic (exact) mass is 231 g/mol. The molecule has 0 amide bonds. The largest absolute Gasteiger partial charge is 0.370 e. The van der Waals surface area contributed by atoms with Crippen molar-refractivity contribution < 1.29 is 4.74 Å². The normalized spacial score (nSPS) is 26.1. The molecule has 17 heavy (non-hydrogen) atoms. The fraction of sp³-hybridized carbons (Fsp3) is 0.600. The Balaban J connectivity index is 1.83. The van der Waals surface area contributed by atoms with E-state index in [4.69, 9.17) is 4.74 Å². The van der Waals surface area contributed by atoms with E-state index >= 15 is 0 Å². The number of hydrogen-bond acceptors (Lipinski definition) is 2. The van der Waals surface area contributed by atoms with Gasteiger partial charge in [0.1, 0.15) is 0 Å². The van der Waals surface area contributed by atoms with Crippen molar-refractivity contribution in [1.82, 2.24) is 5.32 Å². The summed E-state index contributed by atoms with van der Waals surface area (Å²) in [6.07, 6.45) is 4.58. The summed E-state index contributed by atoms with van der Waals surface area (Å²) in [5.74, 6) is 0.650. The van der Waals surface area contributed by atoms with Gasteiger partial charge < -0.3 is 10.1 Å². The summed E-state index contributed by atoms with van der Waals surface area (Å²) in [4.78, 5) is 0. The highest BCUT2D eigenvalue weighted by Gasteiger charge is 2.33. The molecule has 0 bridgehead atoms. The van der Waals surface area contributed by atoms with E-state index in [9.17, 15) is 0 Å². The van der Waals surface area contributed by atoms with Crippen molar-refractivity contribution in [2.45, 2.75) is 38.4 Å². The zero-order chi connectivity index (χ0) is 11.7. The average Bonchev–Trinajstić information content (AvgIpc) is 3.00. The first-order valence-corrected chi connectivity index (χ1v) is 6.76. The van der Waals surface area contributed by atoms with Crippen LogP contribution in [0.1, 0.15) is 36.5 Å². The predicted octanol–water partition coefficient (Wildman–Crippen LogP) is 2.82. The first-order chi connectivity index (χ1) is 8.34. The molecule has 0 spiro atoms. The van der Waals surface area contributed by atoms with Gasteiger partial charge in [0.25, 0.3) is 0 Å². The van der Waals surface area contributed by atoms with Crippen LogP contribution in [0.3, 0.4) is 0 Å². The van der Waals surface area contributed by atoms with E-state index in [0.717, 1.165) is 13.1 Å². The van der Waals surface area contributed by atoms with Crippen LogP contribution in [0.4, 0.5) is 0 Å². The zero-order valence-electron chi connectivity index (χ0n) is 10.5. The van der Waals surface area contributed by atoms with Gasteiger partial charge in [-0.05, 0) is 43.9 Å². The van der Waals surface area contributed by atoms with Crippen LogP contribution in [0.25, 0.3) is 0 Å². The van der Waals surface area contributed by atoms with Gasteiger partial charge >= 0.3 is 0 Å². The van der Waals surface area contributed by atoms with E-state index in [-0.39, 0.29) is 0 Å². The second-order valence-corrected chi connectivity index (χ2v) is 5.37. The van der Waals surface area contributed by atoms with Crippen molar-refractivity contribution in [3.05, 3.63) is 35.4 Å². The summed E-state index contributed by atoms with van der Waals surface area (Å²) in [6, 6.07) is 8.68. The molecule has 1 aliphatic carbocycles. The molecule has 0 unspecified atom stereocenters. The molecule has 2 fully saturated rings. The number of benzene rings is 1. The van der Waals surface area contributed by atoms with E-state index in [1.807, 2.05) is 0 Å². The van der Waals surface area contributed by atoms with Gasteiger partial charge in [0.2, 0.25) is 0 Å². The summed E-state index contributed by atoms with van der Waals surface area (Å²) >= 11 is 0. The third-order valence-electron chi connectivity index (χ3n) is 3.89. The fourth-order valence-electron chi connectivity index (χ4n) is 2.69. The lowest BCUT2D eigenvalue weighted by Crippen LogP contribution is -2.20. The number of rotatable bonds is 4. The quantitative estimate of drug-likeness (QED) is 0.860. The Hall–Kier alpha value is -0.860. The van der Waals surface area contributed by atoms with Crippen LogP contribution >= 0.6 is 0 Å². The molecule has 2 aliphatic rings. The van der Waals surface area contributed by atoms with E-state index in [0.29, 0.717) is 18.1 Å². The summed E-state index contributed by atoms with van der Waals surface area (Å²) in [7, 11) is 0. The number of aryl methyl sites for hydroxylation is 1. The van der Waals surface area contributed by atoms with Gasteiger partial charge in [0, 0.05) is 12.5 Å². The molecule has 3 rings (SSSR count). The van der Waals surface area contributed by atoms with Crippen LogP contribution in [0.2, 0.25) is 0 Å². The van der Waals surface area contributed by atoms with E-state index in [1.54, 1.807) is 0 Å². The Morgan fingerprint density at radius 2 is 2.06 bits per heavy atom. The van der Waals surface area contributed by atoms with E-state index in [1.165, 1.54) is 30.4 Å².